The summed E-state index contributed by atoms with van der Waals surface area (Å²) in [6.07, 6.45) is 1.94. The van der Waals surface area contributed by atoms with Crippen molar-refractivity contribution in [3.05, 3.63) is 71.1 Å². The molecule has 0 radical (unpaired) electrons. The number of amides is 1. The minimum absolute atomic E-state index is 0.0804. The first kappa shape index (κ1) is 18.1. The van der Waals surface area contributed by atoms with Crippen molar-refractivity contribution >= 4 is 34.0 Å². The number of thiophene rings is 1. The molecule has 4 nitrogen and oxygen atoms in total. The van der Waals surface area contributed by atoms with Gasteiger partial charge in [0.25, 0.3) is 5.91 Å². The van der Waals surface area contributed by atoms with E-state index < -0.39 is 0 Å². The number of fused-ring (bicyclic) bond motifs is 2. The van der Waals surface area contributed by atoms with E-state index in [0.29, 0.717) is 0 Å². The highest BCUT2D eigenvalue weighted by molar-refractivity contribution is 7.17. The van der Waals surface area contributed by atoms with Gasteiger partial charge in [-0.3, -0.25) is 4.79 Å². The molecule has 0 spiro atoms. The molecular weight excluding hydrogens is 378 g/mol. The lowest BCUT2D eigenvalue weighted by molar-refractivity contribution is 0.0985. The van der Waals surface area contributed by atoms with Crippen LogP contribution >= 0.6 is 11.3 Å². The molecule has 1 unspecified atom stereocenters. The highest BCUT2D eigenvalue weighted by Crippen LogP contribution is 2.36. The summed E-state index contributed by atoms with van der Waals surface area (Å²) in [5.74, 6) is 1.03. The first-order valence-corrected chi connectivity index (χ1v) is 11.0. The molecule has 0 fully saturated rings. The highest BCUT2D eigenvalue weighted by atomic mass is 32.1. The molecule has 1 amide bonds. The molecule has 0 aliphatic carbocycles. The van der Waals surface area contributed by atoms with E-state index in [1.807, 2.05) is 47.4 Å². The fourth-order valence-corrected chi connectivity index (χ4v) is 5.22. The Kier molecular flexibility index (Phi) is 4.47. The topological polar surface area (TPSA) is 38.1 Å². The fourth-order valence-electron chi connectivity index (χ4n) is 4.28. The molecule has 2 aromatic heterocycles. The van der Waals surface area contributed by atoms with E-state index >= 15 is 0 Å². The van der Waals surface area contributed by atoms with Crippen molar-refractivity contribution in [3.8, 4) is 10.7 Å². The van der Waals surface area contributed by atoms with Gasteiger partial charge < -0.3 is 9.47 Å². The van der Waals surface area contributed by atoms with Crippen LogP contribution in [0.1, 0.15) is 35.5 Å². The molecule has 0 saturated heterocycles. The lowest BCUT2D eigenvalue weighted by Crippen LogP contribution is -2.35. The number of imidazole rings is 1. The Morgan fingerprint density at radius 2 is 1.90 bits per heavy atom. The van der Waals surface area contributed by atoms with Crippen molar-refractivity contribution in [2.45, 2.75) is 39.3 Å². The maximum absolute atomic E-state index is 13.4. The number of carbonyl (C=O) groups excluding carboxylic acids is 1. The lowest BCUT2D eigenvalue weighted by atomic mass is 10.1. The van der Waals surface area contributed by atoms with Gasteiger partial charge in [0.2, 0.25) is 0 Å². The Morgan fingerprint density at radius 1 is 1.10 bits per heavy atom. The maximum Gasteiger partial charge on any atom is 0.268 e. The highest BCUT2D eigenvalue weighted by Gasteiger charge is 2.32. The van der Waals surface area contributed by atoms with Crippen molar-refractivity contribution in [2.75, 3.05) is 4.90 Å². The maximum atomic E-state index is 13.4. The second kappa shape index (κ2) is 7.16. The predicted molar refractivity (Wildman–Crippen MR) is 120 cm³/mol. The Balaban J connectivity index is 1.53. The molecular formula is C24H23N3OS. The number of aryl methyl sites for hydroxylation is 1. The molecule has 5 rings (SSSR count). The van der Waals surface area contributed by atoms with E-state index in [1.165, 1.54) is 16.9 Å². The van der Waals surface area contributed by atoms with Gasteiger partial charge in [0.05, 0.1) is 20.8 Å². The average Bonchev–Trinajstić information content (AvgIpc) is 3.43. The summed E-state index contributed by atoms with van der Waals surface area (Å²) < 4.78 is 2.27. The largest absolute Gasteiger partial charge is 0.323 e. The Hall–Kier alpha value is -2.92. The second-order valence-electron chi connectivity index (χ2n) is 7.60. The zero-order valence-electron chi connectivity index (χ0n) is 16.6. The number of aromatic nitrogens is 2. The Bertz CT molecular complexity index is 1210. The monoisotopic (exact) mass is 401 g/mol. The van der Waals surface area contributed by atoms with Crippen molar-refractivity contribution in [3.63, 3.8) is 0 Å². The Labute approximate surface area is 174 Å². The molecule has 0 saturated carbocycles. The first-order chi connectivity index (χ1) is 14.2. The minimum atomic E-state index is 0.0804. The molecule has 5 heteroatoms. The van der Waals surface area contributed by atoms with Gasteiger partial charge in [-0.2, -0.15) is 0 Å². The summed E-state index contributed by atoms with van der Waals surface area (Å²) in [6.45, 7) is 5.20. The second-order valence-corrected chi connectivity index (χ2v) is 8.68. The summed E-state index contributed by atoms with van der Waals surface area (Å²) in [6, 6.07) is 20.6. The first-order valence-electron chi connectivity index (χ1n) is 10.1. The number of nitrogens with zero attached hydrogens (tertiary/aromatic N) is 3. The number of anilines is 1. The molecule has 1 atom stereocenters. The van der Waals surface area contributed by atoms with Crippen LogP contribution in [0.25, 0.3) is 21.7 Å². The van der Waals surface area contributed by atoms with Crippen LogP contribution in [-0.4, -0.2) is 21.5 Å². The van der Waals surface area contributed by atoms with E-state index in [-0.39, 0.29) is 11.9 Å². The van der Waals surface area contributed by atoms with Gasteiger partial charge >= 0.3 is 0 Å². The van der Waals surface area contributed by atoms with Crippen LogP contribution in [0.3, 0.4) is 0 Å². The van der Waals surface area contributed by atoms with Gasteiger partial charge in [0, 0.05) is 18.3 Å². The van der Waals surface area contributed by atoms with Crippen molar-refractivity contribution in [1.82, 2.24) is 9.55 Å². The summed E-state index contributed by atoms with van der Waals surface area (Å²) in [5, 5.41) is 0. The number of hydrogen-bond acceptors (Lipinski definition) is 3. The fraction of sp³-hybridized carbons (Fsp3) is 0.250. The van der Waals surface area contributed by atoms with Crippen molar-refractivity contribution < 1.29 is 4.79 Å². The van der Waals surface area contributed by atoms with Crippen LogP contribution in [0, 0.1) is 0 Å². The van der Waals surface area contributed by atoms with Crippen LogP contribution in [0.4, 0.5) is 5.69 Å². The van der Waals surface area contributed by atoms with Crippen molar-refractivity contribution in [2.24, 2.45) is 0 Å². The molecule has 0 N–H and O–H groups in total. The zero-order valence-corrected chi connectivity index (χ0v) is 17.4. The smallest absolute Gasteiger partial charge is 0.268 e. The third-order valence-corrected chi connectivity index (χ3v) is 6.63. The van der Waals surface area contributed by atoms with E-state index in [4.69, 9.17) is 4.98 Å². The normalized spacial score (nSPS) is 15.8. The molecule has 0 bridgehead atoms. The van der Waals surface area contributed by atoms with E-state index in [9.17, 15) is 4.79 Å². The van der Waals surface area contributed by atoms with Crippen LogP contribution in [0.5, 0.6) is 0 Å². The molecule has 3 heterocycles. The van der Waals surface area contributed by atoms with E-state index in [1.54, 1.807) is 0 Å². The average molecular weight is 402 g/mol. The van der Waals surface area contributed by atoms with Crippen LogP contribution < -0.4 is 4.90 Å². The third kappa shape index (κ3) is 2.97. The van der Waals surface area contributed by atoms with Crippen LogP contribution in [0.15, 0.2) is 60.7 Å². The summed E-state index contributed by atoms with van der Waals surface area (Å²) in [7, 11) is 0. The number of benzene rings is 2. The Morgan fingerprint density at radius 3 is 2.76 bits per heavy atom. The lowest BCUT2D eigenvalue weighted by Gasteiger charge is -2.21. The van der Waals surface area contributed by atoms with E-state index in [0.717, 1.165) is 51.7 Å². The van der Waals surface area contributed by atoms with Crippen LogP contribution in [0.2, 0.25) is 0 Å². The van der Waals surface area contributed by atoms with Gasteiger partial charge in [-0.1, -0.05) is 37.3 Å². The van der Waals surface area contributed by atoms with Gasteiger partial charge in [-0.15, -0.1) is 11.3 Å². The number of carbonyl (C=O) groups is 1. The van der Waals surface area contributed by atoms with Gasteiger partial charge in [0.1, 0.15) is 0 Å². The summed E-state index contributed by atoms with van der Waals surface area (Å²) in [4.78, 5) is 22.0. The van der Waals surface area contributed by atoms with Gasteiger partial charge in [-0.25, -0.2) is 4.98 Å². The molecule has 29 heavy (non-hydrogen) atoms. The molecule has 1 aliphatic rings. The number of hydrogen-bond donors (Lipinski definition) is 0. The standard InChI is InChI=1S/C24H23N3OS/c1-3-14-26-20-11-7-5-9-18(20)25-23(26)21-12-13-22(29-21)24(28)27-16(2)15-17-8-4-6-10-19(17)27/h4-13,16H,3,14-15H2,1-2H3. The van der Waals surface area contributed by atoms with Gasteiger partial charge in [-0.05, 0) is 55.7 Å². The third-order valence-electron chi connectivity index (χ3n) is 5.56. The number of rotatable bonds is 4. The molecule has 1 aliphatic heterocycles. The van der Waals surface area contributed by atoms with Crippen LogP contribution in [-0.2, 0) is 13.0 Å². The zero-order chi connectivity index (χ0) is 20.0. The number of para-hydroxylation sites is 3. The SMILES string of the molecule is CCCn1c(-c2ccc(C(=O)N3c4ccccc4CC3C)s2)nc2ccccc21. The van der Waals surface area contributed by atoms with E-state index in [2.05, 4.69) is 36.6 Å². The molecule has 4 aromatic rings. The minimum Gasteiger partial charge on any atom is -0.323 e. The summed E-state index contributed by atoms with van der Waals surface area (Å²) >= 11 is 1.54. The summed E-state index contributed by atoms with van der Waals surface area (Å²) in [5.41, 5.74) is 4.43. The van der Waals surface area contributed by atoms with Crippen molar-refractivity contribution in [1.29, 1.82) is 0 Å². The van der Waals surface area contributed by atoms with Gasteiger partial charge in [0.15, 0.2) is 5.82 Å². The predicted octanol–water partition coefficient (Wildman–Crippen LogP) is 5.77. The molecule has 146 valence electrons. The molecule has 2 aromatic carbocycles. The quantitative estimate of drug-likeness (QED) is 0.436.